The molecule has 0 bridgehead atoms. The lowest BCUT2D eigenvalue weighted by atomic mass is 10.1. The van der Waals surface area contributed by atoms with Gasteiger partial charge >= 0.3 is 5.97 Å². The first-order valence-electron chi connectivity index (χ1n) is 5.15. The van der Waals surface area contributed by atoms with Crippen molar-refractivity contribution >= 4 is 5.97 Å². The molecule has 0 aliphatic carbocycles. The van der Waals surface area contributed by atoms with Crippen LogP contribution >= 0.6 is 0 Å². The highest BCUT2D eigenvalue weighted by atomic mass is 16.5. The average molecular weight is 182 g/mol. The number of cyclic esters (lactones) is 1. The second kappa shape index (κ2) is 5.79. The van der Waals surface area contributed by atoms with E-state index < -0.39 is 0 Å². The fraction of sp³-hybridized carbons (Fsp3) is 0.727. The molecule has 2 nitrogen and oxygen atoms in total. The van der Waals surface area contributed by atoms with Crippen molar-refractivity contribution < 1.29 is 9.53 Å². The molecule has 1 fully saturated rings. The molecule has 1 saturated heterocycles. The Morgan fingerprint density at radius 1 is 1.00 bits per heavy atom. The van der Waals surface area contributed by atoms with Crippen LogP contribution in [0.3, 0.4) is 0 Å². The van der Waals surface area contributed by atoms with Crippen LogP contribution in [0.25, 0.3) is 0 Å². The van der Waals surface area contributed by atoms with Crippen molar-refractivity contribution in [3.63, 3.8) is 0 Å². The minimum absolute atomic E-state index is 0.193. The van der Waals surface area contributed by atoms with Crippen LogP contribution in [0, 0.1) is 0 Å². The van der Waals surface area contributed by atoms with E-state index in [1.54, 1.807) is 0 Å². The lowest BCUT2D eigenvalue weighted by molar-refractivity contribution is -0.139. The molecule has 13 heavy (non-hydrogen) atoms. The van der Waals surface area contributed by atoms with Crippen LogP contribution in [0.15, 0.2) is 12.2 Å². The number of carbonyl (C=O) groups excluding carboxylic acids is 1. The maximum Gasteiger partial charge on any atom is 0.333 e. The molecule has 0 aromatic heterocycles. The Morgan fingerprint density at radius 3 is 2.38 bits per heavy atom. The van der Waals surface area contributed by atoms with E-state index in [0.29, 0.717) is 12.2 Å². The van der Waals surface area contributed by atoms with E-state index >= 15 is 0 Å². The SMILES string of the molecule is C=C1CCCCCCCCOC1=O. The molecular formula is C11H18O2. The molecule has 1 rings (SSSR count). The van der Waals surface area contributed by atoms with E-state index in [2.05, 4.69) is 6.58 Å². The monoisotopic (exact) mass is 182 g/mol. The summed E-state index contributed by atoms with van der Waals surface area (Å²) < 4.78 is 5.05. The molecule has 0 N–H and O–H groups in total. The van der Waals surface area contributed by atoms with Crippen molar-refractivity contribution in [1.82, 2.24) is 0 Å². The van der Waals surface area contributed by atoms with Crippen molar-refractivity contribution in [2.24, 2.45) is 0 Å². The second-order valence-corrected chi connectivity index (χ2v) is 3.61. The van der Waals surface area contributed by atoms with E-state index in [9.17, 15) is 4.79 Å². The van der Waals surface area contributed by atoms with Gasteiger partial charge in [0.1, 0.15) is 0 Å². The topological polar surface area (TPSA) is 26.3 Å². The van der Waals surface area contributed by atoms with Crippen LogP contribution in [0.2, 0.25) is 0 Å². The van der Waals surface area contributed by atoms with Gasteiger partial charge in [-0.05, 0) is 19.3 Å². The van der Waals surface area contributed by atoms with Gasteiger partial charge < -0.3 is 4.74 Å². The van der Waals surface area contributed by atoms with Crippen LogP contribution in [-0.4, -0.2) is 12.6 Å². The molecule has 0 aromatic rings. The van der Waals surface area contributed by atoms with Gasteiger partial charge in [0.25, 0.3) is 0 Å². The van der Waals surface area contributed by atoms with E-state index in [-0.39, 0.29) is 5.97 Å². The Balaban J connectivity index is 2.35. The molecule has 1 aliphatic rings. The highest BCUT2D eigenvalue weighted by molar-refractivity contribution is 5.87. The zero-order valence-electron chi connectivity index (χ0n) is 8.18. The summed E-state index contributed by atoms with van der Waals surface area (Å²) in [5, 5.41) is 0. The second-order valence-electron chi connectivity index (χ2n) is 3.61. The summed E-state index contributed by atoms with van der Waals surface area (Å²) >= 11 is 0. The summed E-state index contributed by atoms with van der Waals surface area (Å²) in [6.45, 7) is 4.29. The maximum atomic E-state index is 11.2. The molecule has 0 amide bonds. The molecule has 0 unspecified atom stereocenters. The van der Waals surface area contributed by atoms with Gasteiger partial charge in [-0.1, -0.05) is 32.3 Å². The van der Waals surface area contributed by atoms with Crippen LogP contribution < -0.4 is 0 Å². The molecule has 2 heteroatoms. The standard InChI is InChI=1S/C11H18O2/c1-10-8-6-4-2-3-5-7-9-13-11(10)12/h1-9H2. The fourth-order valence-electron chi connectivity index (χ4n) is 1.52. The number of hydrogen-bond acceptors (Lipinski definition) is 2. The Kier molecular flexibility index (Phi) is 4.58. The van der Waals surface area contributed by atoms with E-state index in [1.807, 2.05) is 0 Å². The fourth-order valence-corrected chi connectivity index (χ4v) is 1.52. The molecule has 74 valence electrons. The first kappa shape index (κ1) is 10.3. The Morgan fingerprint density at radius 2 is 1.62 bits per heavy atom. The number of hydrogen-bond donors (Lipinski definition) is 0. The first-order chi connectivity index (χ1) is 6.30. The lowest BCUT2D eigenvalue weighted by Crippen LogP contribution is -2.07. The van der Waals surface area contributed by atoms with Crippen molar-refractivity contribution in [1.29, 1.82) is 0 Å². The predicted octanol–water partition coefficient (Wildman–Crippen LogP) is 2.83. The molecule has 0 atom stereocenters. The highest BCUT2D eigenvalue weighted by Gasteiger charge is 2.08. The van der Waals surface area contributed by atoms with Gasteiger partial charge in [-0.3, -0.25) is 0 Å². The van der Waals surface area contributed by atoms with E-state index in [1.165, 1.54) is 25.7 Å². The zero-order chi connectivity index (χ0) is 9.52. The largest absolute Gasteiger partial charge is 0.462 e. The third-order valence-corrected chi connectivity index (χ3v) is 2.39. The van der Waals surface area contributed by atoms with Crippen molar-refractivity contribution in [2.45, 2.75) is 44.9 Å². The molecule has 0 radical (unpaired) electrons. The predicted molar refractivity (Wildman–Crippen MR) is 52.4 cm³/mol. The molecule has 1 aliphatic heterocycles. The van der Waals surface area contributed by atoms with Crippen molar-refractivity contribution in [3.05, 3.63) is 12.2 Å². The Bertz CT molecular complexity index is 165. The number of rotatable bonds is 0. The number of carbonyl (C=O) groups is 1. The molecule has 1 heterocycles. The smallest absolute Gasteiger partial charge is 0.333 e. The van der Waals surface area contributed by atoms with Crippen molar-refractivity contribution in [2.75, 3.05) is 6.61 Å². The minimum atomic E-state index is -0.193. The van der Waals surface area contributed by atoms with Crippen LogP contribution in [-0.2, 0) is 9.53 Å². The summed E-state index contributed by atoms with van der Waals surface area (Å²) in [7, 11) is 0. The Hall–Kier alpha value is -0.790. The summed E-state index contributed by atoms with van der Waals surface area (Å²) in [4.78, 5) is 11.2. The maximum absolute atomic E-state index is 11.2. The lowest BCUT2D eigenvalue weighted by Gasteiger charge is -2.04. The van der Waals surface area contributed by atoms with Gasteiger partial charge in [0, 0.05) is 5.57 Å². The van der Waals surface area contributed by atoms with Gasteiger partial charge in [0.05, 0.1) is 6.61 Å². The number of ether oxygens (including phenoxy) is 1. The third-order valence-electron chi connectivity index (χ3n) is 2.39. The van der Waals surface area contributed by atoms with Crippen LogP contribution in [0.5, 0.6) is 0 Å². The Labute approximate surface area is 80.0 Å². The number of esters is 1. The first-order valence-corrected chi connectivity index (χ1v) is 5.15. The molecular weight excluding hydrogens is 164 g/mol. The molecule has 0 spiro atoms. The van der Waals surface area contributed by atoms with Crippen molar-refractivity contribution in [3.8, 4) is 0 Å². The minimum Gasteiger partial charge on any atom is -0.462 e. The normalized spacial score (nSPS) is 21.8. The molecule has 0 saturated carbocycles. The highest BCUT2D eigenvalue weighted by Crippen LogP contribution is 2.13. The van der Waals surface area contributed by atoms with Gasteiger partial charge in [0.2, 0.25) is 0 Å². The quantitative estimate of drug-likeness (QED) is 0.425. The van der Waals surface area contributed by atoms with Gasteiger partial charge in [-0.25, -0.2) is 4.79 Å². The summed E-state index contributed by atoms with van der Waals surface area (Å²) in [6.07, 6.45) is 7.82. The van der Waals surface area contributed by atoms with E-state index in [0.717, 1.165) is 19.3 Å². The van der Waals surface area contributed by atoms with E-state index in [4.69, 9.17) is 4.74 Å². The summed E-state index contributed by atoms with van der Waals surface area (Å²) in [6, 6.07) is 0. The van der Waals surface area contributed by atoms with Crippen LogP contribution in [0.4, 0.5) is 0 Å². The third kappa shape index (κ3) is 4.11. The zero-order valence-corrected chi connectivity index (χ0v) is 8.18. The van der Waals surface area contributed by atoms with Gasteiger partial charge in [-0.2, -0.15) is 0 Å². The summed E-state index contributed by atoms with van der Waals surface area (Å²) in [5.41, 5.74) is 0.641. The summed E-state index contributed by atoms with van der Waals surface area (Å²) in [5.74, 6) is -0.193. The molecule has 0 aromatic carbocycles. The average Bonchev–Trinajstić information content (AvgIpc) is 2.16. The van der Waals surface area contributed by atoms with Gasteiger partial charge in [0.15, 0.2) is 0 Å². The van der Waals surface area contributed by atoms with Gasteiger partial charge in [-0.15, -0.1) is 0 Å². The van der Waals surface area contributed by atoms with Crippen LogP contribution in [0.1, 0.15) is 44.9 Å².